The highest BCUT2D eigenvalue weighted by atomic mass is 16.5. The maximum atomic E-state index is 9.63. The summed E-state index contributed by atoms with van der Waals surface area (Å²) in [5.41, 5.74) is -0.308. The van der Waals surface area contributed by atoms with Crippen LogP contribution in [-0.4, -0.2) is 10.3 Å². The lowest BCUT2D eigenvalue weighted by Gasteiger charge is -2.11. The number of nitrogens with zero attached hydrogens (tertiary/aromatic N) is 1. The van der Waals surface area contributed by atoms with Crippen molar-refractivity contribution in [3.8, 4) is 0 Å². The molecular formula is C10H17NO2. The topological polar surface area (TPSA) is 46.3 Å². The van der Waals surface area contributed by atoms with Crippen LogP contribution in [0.1, 0.15) is 51.5 Å². The molecule has 0 saturated heterocycles. The third-order valence-electron chi connectivity index (χ3n) is 2.25. The van der Waals surface area contributed by atoms with Crippen LogP contribution in [0.15, 0.2) is 10.6 Å². The first kappa shape index (κ1) is 10.3. The van der Waals surface area contributed by atoms with Crippen molar-refractivity contribution in [1.82, 2.24) is 5.16 Å². The lowest BCUT2D eigenvalue weighted by Crippen LogP contribution is -2.15. The van der Waals surface area contributed by atoms with Gasteiger partial charge in [-0.25, -0.2) is 0 Å². The lowest BCUT2D eigenvalue weighted by atomic mass is 10.0. The second-order valence-corrected chi connectivity index (χ2v) is 3.98. The van der Waals surface area contributed by atoms with Crippen LogP contribution in [0, 0.1) is 0 Å². The second kappa shape index (κ2) is 3.50. The summed E-state index contributed by atoms with van der Waals surface area (Å²) in [5, 5.41) is 13.5. The van der Waals surface area contributed by atoms with Gasteiger partial charge in [-0.2, -0.15) is 0 Å². The fourth-order valence-corrected chi connectivity index (χ4v) is 1.01. The first-order valence-electron chi connectivity index (χ1n) is 4.64. The maximum absolute atomic E-state index is 9.63. The molecule has 0 fully saturated rings. The van der Waals surface area contributed by atoms with Crippen LogP contribution in [0.3, 0.4) is 0 Å². The molecule has 0 aliphatic carbocycles. The van der Waals surface area contributed by atoms with Crippen LogP contribution in [-0.2, 0) is 5.60 Å². The average molecular weight is 183 g/mol. The van der Waals surface area contributed by atoms with Gasteiger partial charge >= 0.3 is 0 Å². The zero-order chi connectivity index (χ0) is 10.1. The Morgan fingerprint density at radius 2 is 2.23 bits per heavy atom. The highest BCUT2D eigenvalue weighted by molar-refractivity contribution is 5.14. The fraction of sp³-hybridized carbons (Fsp3) is 0.700. The molecule has 0 aliphatic rings. The minimum atomic E-state index is -0.908. The standard InChI is InChI=1S/C10H17NO2/c1-5-7(2)8-6-9(11-13-8)10(3,4)12/h6-7,12H,5H2,1-4H3. The van der Waals surface area contributed by atoms with Gasteiger partial charge in [-0.15, -0.1) is 0 Å². The molecule has 1 N–H and O–H groups in total. The second-order valence-electron chi connectivity index (χ2n) is 3.98. The van der Waals surface area contributed by atoms with E-state index in [-0.39, 0.29) is 0 Å². The van der Waals surface area contributed by atoms with E-state index in [1.807, 2.05) is 6.07 Å². The van der Waals surface area contributed by atoms with E-state index < -0.39 is 5.60 Å². The Bertz CT molecular complexity index is 273. The molecule has 0 bridgehead atoms. The molecule has 0 spiro atoms. The normalized spacial score (nSPS) is 14.5. The number of rotatable bonds is 3. The van der Waals surface area contributed by atoms with Gasteiger partial charge in [0.1, 0.15) is 17.1 Å². The molecule has 0 aliphatic heterocycles. The number of hydrogen-bond acceptors (Lipinski definition) is 3. The van der Waals surface area contributed by atoms with Crippen LogP contribution >= 0.6 is 0 Å². The summed E-state index contributed by atoms with van der Waals surface area (Å²) in [6.45, 7) is 7.57. The van der Waals surface area contributed by atoms with Gasteiger partial charge in [0.25, 0.3) is 0 Å². The van der Waals surface area contributed by atoms with E-state index in [2.05, 4.69) is 19.0 Å². The van der Waals surface area contributed by atoms with Crippen molar-refractivity contribution in [2.75, 3.05) is 0 Å². The first-order chi connectivity index (χ1) is 5.95. The quantitative estimate of drug-likeness (QED) is 0.782. The van der Waals surface area contributed by atoms with E-state index in [1.54, 1.807) is 13.8 Å². The molecule has 13 heavy (non-hydrogen) atoms. The van der Waals surface area contributed by atoms with E-state index >= 15 is 0 Å². The summed E-state index contributed by atoms with van der Waals surface area (Å²) in [5.74, 6) is 1.21. The van der Waals surface area contributed by atoms with Crippen molar-refractivity contribution < 1.29 is 9.63 Å². The molecule has 1 aromatic heterocycles. The fourth-order valence-electron chi connectivity index (χ4n) is 1.01. The van der Waals surface area contributed by atoms with Gasteiger partial charge in [0.2, 0.25) is 0 Å². The Balaban J connectivity index is 2.87. The average Bonchev–Trinajstić information content (AvgIpc) is 2.50. The predicted octanol–water partition coefficient (Wildman–Crippen LogP) is 2.42. The van der Waals surface area contributed by atoms with Gasteiger partial charge < -0.3 is 9.63 Å². The Morgan fingerprint density at radius 1 is 1.62 bits per heavy atom. The monoisotopic (exact) mass is 183 g/mol. The molecule has 1 aromatic rings. The van der Waals surface area contributed by atoms with Gasteiger partial charge in [0.15, 0.2) is 0 Å². The number of hydrogen-bond donors (Lipinski definition) is 1. The molecule has 1 rings (SSSR count). The summed E-state index contributed by atoms with van der Waals surface area (Å²) in [7, 11) is 0. The molecule has 0 amide bonds. The molecule has 1 atom stereocenters. The van der Waals surface area contributed by atoms with E-state index in [9.17, 15) is 5.11 Å². The van der Waals surface area contributed by atoms with E-state index in [1.165, 1.54) is 0 Å². The minimum absolute atomic E-state index is 0.364. The van der Waals surface area contributed by atoms with E-state index in [0.29, 0.717) is 11.6 Å². The maximum Gasteiger partial charge on any atom is 0.139 e. The minimum Gasteiger partial charge on any atom is -0.384 e. The SMILES string of the molecule is CCC(C)c1cc(C(C)(C)O)no1. The molecule has 1 unspecified atom stereocenters. The van der Waals surface area contributed by atoms with Crippen LogP contribution in [0.25, 0.3) is 0 Å². The predicted molar refractivity (Wildman–Crippen MR) is 50.5 cm³/mol. The lowest BCUT2D eigenvalue weighted by molar-refractivity contribution is 0.0700. The Hall–Kier alpha value is -0.830. The van der Waals surface area contributed by atoms with Gasteiger partial charge in [-0.1, -0.05) is 19.0 Å². The summed E-state index contributed by atoms with van der Waals surface area (Å²) in [4.78, 5) is 0. The number of aliphatic hydroxyl groups is 1. The third-order valence-corrected chi connectivity index (χ3v) is 2.25. The van der Waals surface area contributed by atoms with Crippen LogP contribution in [0.5, 0.6) is 0 Å². The molecule has 1 heterocycles. The van der Waals surface area contributed by atoms with E-state index in [4.69, 9.17) is 4.52 Å². The Labute approximate surface area is 78.7 Å². The van der Waals surface area contributed by atoms with Crippen molar-refractivity contribution in [2.45, 2.75) is 45.6 Å². The highest BCUT2D eigenvalue weighted by Crippen LogP contribution is 2.24. The van der Waals surface area contributed by atoms with Crippen molar-refractivity contribution in [3.63, 3.8) is 0 Å². The summed E-state index contributed by atoms with van der Waals surface area (Å²) in [6.07, 6.45) is 1.01. The van der Waals surface area contributed by atoms with Gasteiger partial charge in [-0.05, 0) is 20.3 Å². The summed E-state index contributed by atoms with van der Waals surface area (Å²) in [6, 6.07) is 1.83. The molecule has 0 aromatic carbocycles. The van der Waals surface area contributed by atoms with Crippen molar-refractivity contribution in [1.29, 1.82) is 0 Å². The van der Waals surface area contributed by atoms with Crippen molar-refractivity contribution >= 4 is 0 Å². The summed E-state index contributed by atoms with van der Waals surface area (Å²) >= 11 is 0. The zero-order valence-corrected chi connectivity index (χ0v) is 8.66. The van der Waals surface area contributed by atoms with Gasteiger partial charge in [0, 0.05) is 12.0 Å². The van der Waals surface area contributed by atoms with Gasteiger partial charge in [-0.3, -0.25) is 0 Å². The first-order valence-corrected chi connectivity index (χ1v) is 4.64. The van der Waals surface area contributed by atoms with Crippen LogP contribution in [0.4, 0.5) is 0 Å². The number of aromatic nitrogens is 1. The molecule has 0 saturated carbocycles. The van der Waals surface area contributed by atoms with E-state index in [0.717, 1.165) is 12.2 Å². The van der Waals surface area contributed by atoms with Gasteiger partial charge in [0.05, 0.1) is 0 Å². The summed E-state index contributed by atoms with van der Waals surface area (Å²) < 4.78 is 5.13. The smallest absolute Gasteiger partial charge is 0.139 e. The molecule has 0 radical (unpaired) electrons. The highest BCUT2D eigenvalue weighted by Gasteiger charge is 2.22. The molecule has 3 heteroatoms. The van der Waals surface area contributed by atoms with Crippen molar-refractivity contribution in [3.05, 3.63) is 17.5 Å². The van der Waals surface area contributed by atoms with Crippen LogP contribution < -0.4 is 0 Å². The Morgan fingerprint density at radius 3 is 2.62 bits per heavy atom. The molecular weight excluding hydrogens is 166 g/mol. The molecule has 74 valence electrons. The Kier molecular flexibility index (Phi) is 2.76. The van der Waals surface area contributed by atoms with Crippen molar-refractivity contribution in [2.24, 2.45) is 0 Å². The van der Waals surface area contributed by atoms with Crippen LogP contribution in [0.2, 0.25) is 0 Å². The zero-order valence-electron chi connectivity index (χ0n) is 8.66. The largest absolute Gasteiger partial charge is 0.384 e. The molecule has 3 nitrogen and oxygen atoms in total. The third kappa shape index (κ3) is 2.31.